The number of aromatic nitrogens is 3. The Morgan fingerprint density at radius 3 is 2.57 bits per heavy atom. The van der Waals surface area contributed by atoms with Crippen molar-refractivity contribution >= 4 is 11.3 Å². The van der Waals surface area contributed by atoms with E-state index in [0.717, 1.165) is 34.7 Å². The molecule has 0 aliphatic carbocycles. The number of nitrogens with zero attached hydrogens (tertiary/aromatic N) is 3. The highest BCUT2D eigenvalue weighted by atomic mass is 32.1. The van der Waals surface area contributed by atoms with Gasteiger partial charge in [0.25, 0.3) is 0 Å². The Labute approximate surface area is 128 Å². The van der Waals surface area contributed by atoms with Crippen molar-refractivity contribution < 1.29 is 0 Å². The van der Waals surface area contributed by atoms with Crippen LogP contribution in [0.1, 0.15) is 24.5 Å². The van der Waals surface area contributed by atoms with E-state index in [2.05, 4.69) is 35.3 Å². The number of rotatable bonds is 4. The summed E-state index contributed by atoms with van der Waals surface area (Å²) in [5.74, 6) is 0. The van der Waals surface area contributed by atoms with Crippen molar-refractivity contribution in [1.82, 2.24) is 15.0 Å². The van der Waals surface area contributed by atoms with Gasteiger partial charge < -0.3 is 0 Å². The number of hydrogen-bond donors (Lipinski definition) is 0. The zero-order valence-electron chi connectivity index (χ0n) is 12.2. The van der Waals surface area contributed by atoms with Gasteiger partial charge in [0.1, 0.15) is 5.01 Å². The lowest BCUT2D eigenvalue weighted by Gasteiger charge is -2.04. The third-order valence-corrected chi connectivity index (χ3v) is 4.36. The molecule has 0 fully saturated rings. The molecule has 3 rings (SSSR count). The molecule has 0 spiro atoms. The molecule has 0 N–H and O–H groups in total. The van der Waals surface area contributed by atoms with Gasteiger partial charge in [0.2, 0.25) is 0 Å². The van der Waals surface area contributed by atoms with E-state index in [1.165, 1.54) is 11.1 Å². The molecule has 0 atom stereocenters. The molecule has 0 saturated carbocycles. The Balaban J connectivity index is 2.01. The third kappa shape index (κ3) is 2.85. The molecule has 21 heavy (non-hydrogen) atoms. The van der Waals surface area contributed by atoms with Crippen molar-refractivity contribution in [2.24, 2.45) is 0 Å². The van der Waals surface area contributed by atoms with Crippen LogP contribution in [0.5, 0.6) is 0 Å². The van der Waals surface area contributed by atoms with Crippen LogP contribution in [0.4, 0.5) is 0 Å². The average molecular weight is 295 g/mol. The van der Waals surface area contributed by atoms with E-state index in [4.69, 9.17) is 4.98 Å². The fourth-order valence-electron chi connectivity index (χ4n) is 2.36. The average Bonchev–Trinajstić information content (AvgIpc) is 2.98. The maximum absolute atomic E-state index is 4.79. The first-order valence-corrected chi connectivity index (χ1v) is 7.97. The summed E-state index contributed by atoms with van der Waals surface area (Å²) in [4.78, 5) is 13.3. The Morgan fingerprint density at radius 2 is 1.81 bits per heavy atom. The molecule has 3 nitrogen and oxygen atoms in total. The quantitative estimate of drug-likeness (QED) is 0.710. The molecule has 3 aromatic rings. The van der Waals surface area contributed by atoms with Gasteiger partial charge in [-0.15, -0.1) is 11.3 Å². The van der Waals surface area contributed by atoms with Crippen LogP contribution in [-0.2, 0) is 6.42 Å². The van der Waals surface area contributed by atoms with E-state index in [-0.39, 0.29) is 0 Å². The first kappa shape index (κ1) is 13.9. The van der Waals surface area contributed by atoms with Gasteiger partial charge in [-0.3, -0.25) is 9.97 Å². The molecule has 0 aromatic carbocycles. The van der Waals surface area contributed by atoms with Gasteiger partial charge in [-0.25, -0.2) is 4.98 Å². The standard InChI is InChI=1S/C17H17N3S/c1-3-4-13-6-8-19-10-15(13)17-20-16(11-21-17)14-9-18-7-5-12(14)2/h5-11H,3-4H2,1-2H3. The first-order chi connectivity index (χ1) is 10.3. The highest BCUT2D eigenvalue weighted by Crippen LogP contribution is 2.31. The SMILES string of the molecule is CCCc1ccncc1-c1nc(-c2cnccc2C)cs1. The van der Waals surface area contributed by atoms with Crippen LogP contribution in [0, 0.1) is 6.92 Å². The molecule has 0 amide bonds. The Morgan fingerprint density at radius 1 is 1.05 bits per heavy atom. The molecular weight excluding hydrogens is 278 g/mol. The second-order valence-electron chi connectivity index (χ2n) is 5.01. The summed E-state index contributed by atoms with van der Waals surface area (Å²) < 4.78 is 0. The summed E-state index contributed by atoms with van der Waals surface area (Å²) in [6.45, 7) is 4.28. The zero-order chi connectivity index (χ0) is 14.7. The smallest absolute Gasteiger partial charge is 0.125 e. The van der Waals surface area contributed by atoms with E-state index >= 15 is 0 Å². The fraction of sp³-hybridized carbons (Fsp3) is 0.235. The highest BCUT2D eigenvalue weighted by molar-refractivity contribution is 7.13. The van der Waals surface area contributed by atoms with Crippen LogP contribution in [0.15, 0.2) is 42.3 Å². The van der Waals surface area contributed by atoms with Crippen molar-refractivity contribution in [3.63, 3.8) is 0 Å². The lowest BCUT2D eigenvalue weighted by Crippen LogP contribution is -1.91. The summed E-state index contributed by atoms with van der Waals surface area (Å²) in [7, 11) is 0. The Bertz CT molecular complexity index is 749. The van der Waals surface area contributed by atoms with Gasteiger partial charge in [0.05, 0.1) is 5.69 Å². The molecule has 0 radical (unpaired) electrons. The zero-order valence-corrected chi connectivity index (χ0v) is 13.0. The third-order valence-electron chi connectivity index (χ3n) is 3.48. The van der Waals surface area contributed by atoms with E-state index in [1.807, 2.05) is 30.9 Å². The minimum Gasteiger partial charge on any atom is -0.264 e. The van der Waals surface area contributed by atoms with E-state index in [1.54, 1.807) is 11.3 Å². The Kier molecular flexibility index (Phi) is 4.06. The largest absolute Gasteiger partial charge is 0.264 e. The second kappa shape index (κ2) is 6.14. The summed E-state index contributed by atoms with van der Waals surface area (Å²) in [5, 5.41) is 3.13. The maximum Gasteiger partial charge on any atom is 0.125 e. The van der Waals surface area contributed by atoms with E-state index in [9.17, 15) is 0 Å². The van der Waals surface area contributed by atoms with Crippen LogP contribution in [0.2, 0.25) is 0 Å². The van der Waals surface area contributed by atoms with Crippen molar-refractivity contribution in [2.75, 3.05) is 0 Å². The number of aryl methyl sites for hydroxylation is 2. The van der Waals surface area contributed by atoms with Crippen molar-refractivity contribution in [3.8, 4) is 21.8 Å². The molecule has 0 aliphatic heterocycles. The molecule has 3 aromatic heterocycles. The second-order valence-corrected chi connectivity index (χ2v) is 5.87. The lowest BCUT2D eigenvalue weighted by molar-refractivity contribution is 0.920. The first-order valence-electron chi connectivity index (χ1n) is 7.09. The summed E-state index contributed by atoms with van der Waals surface area (Å²) in [6, 6.07) is 4.11. The summed E-state index contributed by atoms with van der Waals surface area (Å²) in [5.41, 5.74) is 5.75. The molecule has 0 bridgehead atoms. The number of hydrogen-bond acceptors (Lipinski definition) is 4. The van der Waals surface area contributed by atoms with Crippen LogP contribution in [-0.4, -0.2) is 15.0 Å². The molecule has 4 heteroatoms. The predicted molar refractivity (Wildman–Crippen MR) is 87.3 cm³/mol. The van der Waals surface area contributed by atoms with Gasteiger partial charge in [-0.2, -0.15) is 0 Å². The van der Waals surface area contributed by atoms with Gasteiger partial charge in [0.15, 0.2) is 0 Å². The normalized spacial score (nSPS) is 10.8. The monoisotopic (exact) mass is 295 g/mol. The van der Waals surface area contributed by atoms with Crippen molar-refractivity contribution in [3.05, 3.63) is 53.4 Å². The topological polar surface area (TPSA) is 38.7 Å². The van der Waals surface area contributed by atoms with Gasteiger partial charge in [-0.05, 0) is 36.6 Å². The molecule has 0 unspecified atom stereocenters. The van der Waals surface area contributed by atoms with Gasteiger partial charge in [-0.1, -0.05) is 13.3 Å². The Hall–Kier alpha value is -2.07. The number of pyridine rings is 2. The van der Waals surface area contributed by atoms with Gasteiger partial charge >= 0.3 is 0 Å². The van der Waals surface area contributed by atoms with Crippen LogP contribution in [0.25, 0.3) is 21.8 Å². The molecule has 106 valence electrons. The number of thiazole rings is 1. The maximum atomic E-state index is 4.79. The van der Waals surface area contributed by atoms with E-state index in [0.29, 0.717) is 0 Å². The molecule has 0 aliphatic rings. The minimum absolute atomic E-state index is 0.993. The van der Waals surface area contributed by atoms with Gasteiger partial charge in [0, 0.05) is 41.3 Å². The van der Waals surface area contributed by atoms with E-state index < -0.39 is 0 Å². The predicted octanol–water partition coefficient (Wildman–Crippen LogP) is 4.53. The van der Waals surface area contributed by atoms with Crippen LogP contribution < -0.4 is 0 Å². The molecule has 3 heterocycles. The van der Waals surface area contributed by atoms with Crippen molar-refractivity contribution in [1.29, 1.82) is 0 Å². The molecular formula is C17H17N3S. The highest BCUT2D eigenvalue weighted by Gasteiger charge is 2.11. The summed E-state index contributed by atoms with van der Waals surface area (Å²) >= 11 is 1.67. The minimum atomic E-state index is 0.993. The lowest BCUT2D eigenvalue weighted by atomic mass is 10.1. The van der Waals surface area contributed by atoms with Crippen molar-refractivity contribution in [2.45, 2.75) is 26.7 Å². The van der Waals surface area contributed by atoms with Crippen LogP contribution in [0.3, 0.4) is 0 Å². The van der Waals surface area contributed by atoms with Crippen LogP contribution >= 0.6 is 11.3 Å². The summed E-state index contributed by atoms with van der Waals surface area (Å²) in [6.07, 6.45) is 9.64. The molecule has 0 saturated heterocycles. The fourth-order valence-corrected chi connectivity index (χ4v) is 3.22.